The molecular weight excluding hydrogens is 144 g/mol. The Balaban J connectivity index is 2.37. The Morgan fingerprint density at radius 2 is 2.00 bits per heavy atom. The standard InChI is InChI=1S/C12H24/c1-5-7-8-11-9-10(3)12(11,4)6-2/h10-11H,5-9H2,1-4H3. The van der Waals surface area contributed by atoms with Gasteiger partial charge in [0.25, 0.3) is 0 Å². The summed E-state index contributed by atoms with van der Waals surface area (Å²) in [7, 11) is 0. The molecule has 0 heterocycles. The van der Waals surface area contributed by atoms with Crippen molar-refractivity contribution in [2.24, 2.45) is 17.3 Å². The fourth-order valence-electron chi connectivity index (χ4n) is 2.74. The third-order valence-electron chi connectivity index (χ3n) is 4.36. The number of unbranched alkanes of at least 4 members (excludes halogenated alkanes) is 1. The molecule has 0 aromatic heterocycles. The maximum absolute atomic E-state index is 2.49. The molecule has 12 heavy (non-hydrogen) atoms. The molecule has 0 radical (unpaired) electrons. The van der Waals surface area contributed by atoms with Gasteiger partial charge in [-0.05, 0) is 30.1 Å². The molecule has 1 rings (SSSR count). The van der Waals surface area contributed by atoms with E-state index in [0.29, 0.717) is 5.41 Å². The van der Waals surface area contributed by atoms with Crippen LogP contribution in [0, 0.1) is 17.3 Å². The molecule has 0 aliphatic heterocycles. The van der Waals surface area contributed by atoms with E-state index < -0.39 is 0 Å². The van der Waals surface area contributed by atoms with Crippen molar-refractivity contribution in [3.8, 4) is 0 Å². The zero-order valence-electron chi connectivity index (χ0n) is 9.19. The molecule has 0 nitrogen and oxygen atoms in total. The first-order valence-electron chi connectivity index (χ1n) is 5.65. The lowest BCUT2D eigenvalue weighted by molar-refractivity contribution is -0.0356. The van der Waals surface area contributed by atoms with Gasteiger partial charge in [0.05, 0.1) is 0 Å². The zero-order valence-corrected chi connectivity index (χ0v) is 9.19. The molecule has 0 bridgehead atoms. The van der Waals surface area contributed by atoms with Crippen molar-refractivity contribution in [2.75, 3.05) is 0 Å². The highest BCUT2D eigenvalue weighted by Gasteiger charge is 2.46. The van der Waals surface area contributed by atoms with Gasteiger partial charge in [0.1, 0.15) is 0 Å². The predicted octanol–water partition coefficient (Wildman–Crippen LogP) is 4.25. The van der Waals surface area contributed by atoms with E-state index in [-0.39, 0.29) is 0 Å². The summed E-state index contributed by atoms with van der Waals surface area (Å²) in [5.74, 6) is 2.02. The van der Waals surface area contributed by atoms with Crippen LogP contribution in [0.1, 0.15) is 59.8 Å². The molecule has 0 aromatic carbocycles. The van der Waals surface area contributed by atoms with Gasteiger partial charge >= 0.3 is 0 Å². The lowest BCUT2D eigenvalue weighted by atomic mass is 9.52. The van der Waals surface area contributed by atoms with Crippen LogP contribution in [-0.2, 0) is 0 Å². The van der Waals surface area contributed by atoms with Gasteiger partial charge in [0, 0.05) is 0 Å². The molecule has 0 N–H and O–H groups in total. The average Bonchev–Trinajstić information content (AvgIpc) is 2.10. The van der Waals surface area contributed by atoms with Gasteiger partial charge in [-0.1, -0.05) is 47.0 Å². The minimum atomic E-state index is 0.690. The molecule has 72 valence electrons. The summed E-state index contributed by atoms with van der Waals surface area (Å²) in [6.45, 7) is 9.56. The number of rotatable bonds is 4. The highest BCUT2D eigenvalue weighted by Crippen LogP contribution is 2.55. The lowest BCUT2D eigenvalue weighted by Gasteiger charge is -2.53. The monoisotopic (exact) mass is 168 g/mol. The summed E-state index contributed by atoms with van der Waals surface area (Å²) in [5, 5.41) is 0. The van der Waals surface area contributed by atoms with Crippen LogP contribution in [0.4, 0.5) is 0 Å². The SMILES string of the molecule is CCCCC1CC(C)C1(C)CC. The second-order valence-electron chi connectivity index (χ2n) is 4.84. The van der Waals surface area contributed by atoms with E-state index in [1.54, 1.807) is 0 Å². The summed E-state index contributed by atoms with van der Waals surface area (Å²) in [6, 6.07) is 0. The van der Waals surface area contributed by atoms with Crippen LogP contribution >= 0.6 is 0 Å². The Morgan fingerprint density at radius 3 is 2.42 bits per heavy atom. The summed E-state index contributed by atoms with van der Waals surface area (Å²) in [4.78, 5) is 0. The maximum atomic E-state index is 2.49. The molecule has 1 fully saturated rings. The Morgan fingerprint density at radius 1 is 1.33 bits per heavy atom. The molecule has 0 saturated heterocycles. The summed E-state index contributed by atoms with van der Waals surface area (Å²) < 4.78 is 0. The largest absolute Gasteiger partial charge is 0.0654 e. The second-order valence-corrected chi connectivity index (χ2v) is 4.84. The molecule has 0 aromatic rings. The molecule has 0 spiro atoms. The van der Waals surface area contributed by atoms with Crippen molar-refractivity contribution in [1.29, 1.82) is 0 Å². The second kappa shape index (κ2) is 3.81. The van der Waals surface area contributed by atoms with Crippen molar-refractivity contribution in [1.82, 2.24) is 0 Å². The van der Waals surface area contributed by atoms with Gasteiger partial charge in [-0.25, -0.2) is 0 Å². The molecule has 0 heteroatoms. The van der Waals surface area contributed by atoms with Crippen LogP contribution in [0.5, 0.6) is 0 Å². The Labute approximate surface area is 77.7 Å². The number of hydrogen-bond donors (Lipinski definition) is 0. The van der Waals surface area contributed by atoms with E-state index in [1.807, 2.05) is 0 Å². The van der Waals surface area contributed by atoms with Gasteiger partial charge < -0.3 is 0 Å². The summed E-state index contributed by atoms with van der Waals surface area (Å²) in [5.41, 5.74) is 0.690. The molecule has 3 unspecified atom stereocenters. The topological polar surface area (TPSA) is 0 Å². The van der Waals surface area contributed by atoms with Crippen molar-refractivity contribution < 1.29 is 0 Å². The molecule has 1 aliphatic rings. The zero-order chi connectivity index (χ0) is 9.19. The van der Waals surface area contributed by atoms with Crippen molar-refractivity contribution in [3.63, 3.8) is 0 Å². The van der Waals surface area contributed by atoms with Crippen LogP contribution in [0.15, 0.2) is 0 Å². The van der Waals surface area contributed by atoms with E-state index >= 15 is 0 Å². The normalized spacial score (nSPS) is 41.0. The van der Waals surface area contributed by atoms with Crippen LogP contribution in [0.25, 0.3) is 0 Å². The number of hydrogen-bond acceptors (Lipinski definition) is 0. The van der Waals surface area contributed by atoms with E-state index in [1.165, 1.54) is 32.1 Å². The molecular formula is C12H24. The van der Waals surface area contributed by atoms with Crippen LogP contribution < -0.4 is 0 Å². The van der Waals surface area contributed by atoms with Crippen LogP contribution in [0.2, 0.25) is 0 Å². The van der Waals surface area contributed by atoms with Gasteiger partial charge in [-0.15, -0.1) is 0 Å². The first kappa shape index (κ1) is 10.1. The van der Waals surface area contributed by atoms with Gasteiger partial charge in [-0.2, -0.15) is 0 Å². The quantitative estimate of drug-likeness (QED) is 0.588. The van der Waals surface area contributed by atoms with E-state index in [0.717, 1.165) is 11.8 Å². The lowest BCUT2D eigenvalue weighted by Crippen LogP contribution is -2.44. The predicted molar refractivity (Wildman–Crippen MR) is 55.2 cm³/mol. The highest BCUT2D eigenvalue weighted by molar-refractivity contribution is 4.96. The smallest absolute Gasteiger partial charge is 0.0274 e. The average molecular weight is 168 g/mol. The highest BCUT2D eigenvalue weighted by atomic mass is 14.5. The fourth-order valence-corrected chi connectivity index (χ4v) is 2.74. The molecule has 1 aliphatic carbocycles. The summed E-state index contributed by atoms with van der Waals surface area (Å²) in [6.07, 6.45) is 7.15. The van der Waals surface area contributed by atoms with Gasteiger partial charge in [0.2, 0.25) is 0 Å². The molecule has 1 saturated carbocycles. The van der Waals surface area contributed by atoms with Crippen molar-refractivity contribution in [2.45, 2.75) is 59.8 Å². The van der Waals surface area contributed by atoms with Gasteiger partial charge in [-0.3, -0.25) is 0 Å². The maximum Gasteiger partial charge on any atom is -0.0274 e. The van der Waals surface area contributed by atoms with Crippen molar-refractivity contribution >= 4 is 0 Å². The first-order valence-corrected chi connectivity index (χ1v) is 5.65. The Kier molecular flexibility index (Phi) is 3.20. The van der Waals surface area contributed by atoms with E-state index in [9.17, 15) is 0 Å². The molecule has 3 atom stereocenters. The van der Waals surface area contributed by atoms with E-state index in [4.69, 9.17) is 0 Å². The Hall–Kier alpha value is 0. The third kappa shape index (κ3) is 1.53. The van der Waals surface area contributed by atoms with Crippen LogP contribution in [0.3, 0.4) is 0 Å². The molecule has 0 amide bonds. The minimum absolute atomic E-state index is 0.690. The van der Waals surface area contributed by atoms with Crippen molar-refractivity contribution in [3.05, 3.63) is 0 Å². The van der Waals surface area contributed by atoms with Gasteiger partial charge in [0.15, 0.2) is 0 Å². The fraction of sp³-hybridized carbons (Fsp3) is 1.00. The van der Waals surface area contributed by atoms with Crippen LogP contribution in [-0.4, -0.2) is 0 Å². The Bertz CT molecular complexity index is 139. The minimum Gasteiger partial charge on any atom is -0.0654 e. The first-order chi connectivity index (χ1) is 5.65. The van der Waals surface area contributed by atoms with E-state index in [2.05, 4.69) is 27.7 Å². The third-order valence-corrected chi connectivity index (χ3v) is 4.36. The summed E-state index contributed by atoms with van der Waals surface area (Å²) >= 11 is 0.